The number of likely N-dealkylation sites (N-methyl/N-ethyl adjacent to an activating group) is 1. The Balaban J connectivity index is 2.50. The topological polar surface area (TPSA) is 49.4 Å². The third-order valence-electron chi connectivity index (χ3n) is 3.06. The second kappa shape index (κ2) is 4.20. The average Bonchev–Trinajstić information content (AvgIpc) is 2.41. The van der Waals surface area contributed by atoms with E-state index in [0.717, 1.165) is 0 Å². The fraction of sp³-hybridized carbons (Fsp3) is 0.385. The van der Waals surface area contributed by atoms with Gasteiger partial charge in [0.2, 0.25) is 5.91 Å². The van der Waals surface area contributed by atoms with Gasteiger partial charge in [-0.05, 0) is 18.1 Å². The summed E-state index contributed by atoms with van der Waals surface area (Å²) in [7, 11) is 1.71. The minimum Gasteiger partial charge on any atom is -0.340 e. The van der Waals surface area contributed by atoms with Gasteiger partial charge in [0.05, 0.1) is 11.3 Å². The van der Waals surface area contributed by atoms with Gasteiger partial charge in [-0.3, -0.25) is 9.59 Å². The fourth-order valence-electron chi connectivity index (χ4n) is 2.02. The normalized spacial score (nSPS) is 20.0. The zero-order valence-electron chi connectivity index (χ0n) is 10.2. The molecule has 0 radical (unpaired) electrons. The summed E-state index contributed by atoms with van der Waals surface area (Å²) < 4.78 is 0. The molecule has 0 aromatic heterocycles. The number of anilines is 1. The first-order valence-electron chi connectivity index (χ1n) is 5.70. The van der Waals surface area contributed by atoms with Gasteiger partial charge in [0.25, 0.3) is 5.91 Å². The number of fused-ring (bicyclic) bond motifs is 1. The molecule has 1 N–H and O–H groups in total. The second-order valence-electron chi connectivity index (χ2n) is 4.61. The molecule has 0 spiro atoms. The van der Waals surface area contributed by atoms with E-state index >= 15 is 0 Å². The van der Waals surface area contributed by atoms with Gasteiger partial charge in [-0.15, -0.1) is 0 Å². The maximum absolute atomic E-state index is 12.2. The Kier molecular flexibility index (Phi) is 2.88. The highest BCUT2D eigenvalue weighted by Crippen LogP contribution is 2.24. The van der Waals surface area contributed by atoms with Crippen LogP contribution in [0.2, 0.25) is 0 Å². The van der Waals surface area contributed by atoms with Crippen molar-refractivity contribution in [3.63, 3.8) is 0 Å². The van der Waals surface area contributed by atoms with Crippen LogP contribution in [-0.4, -0.2) is 24.9 Å². The van der Waals surface area contributed by atoms with Gasteiger partial charge in [-0.1, -0.05) is 26.0 Å². The van der Waals surface area contributed by atoms with E-state index in [-0.39, 0.29) is 17.7 Å². The third kappa shape index (κ3) is 1.90. The first kappa shape index (κ1) is 11.6. The summed E-state index contributed by atoms with van der Waals surface area (Å²) in [5.74, 6) is -0.182. The van der Waals surface area contributed by atoms with Crippen molar-refractivity contribution < 1.29 is 9.59 Å². The van der Waals surface area contributed by atoms with E-state index < -0.39 is 6.04 Å². The van der Waals surface area contributed by atoms with Crippen LogP contribution >= 0.6 is 0 Å². The number of benzene rings is 1. The predicted octanol–water partition coefficient (Wildman–Crippen LogP) is 1.42. The first-order chi connectivity index (χ1) is 8.02. The molecule has 1 aromatic rings. The molecule has 0 fully saturated rings. The zero-order valence-corrected chi connectivity index (χ0v) is 10.2. The number of nitrogens with one attached hydrogen (secondary N) is 1. The molecule has 0 aliphatic carbocycles. The van der Waals surface area contributed by atoms with Crippen molar-refractivity contribution in [2.75, 3.05) is 11.9 Å². The van der Waals surface area contributed by atoms with Gasteiger partial charge in [-0.2, -0.15) is 0 Å². The number of carbonyl (C=O) groups is 2. The van der Waals surface area contributed by atoms with Crippen LogP contribution in [0.15, 0.2) is 24.3 Å². The molecule has 2 amide bonds. The quantitative estimate of drug-likeness (QED) is 0.796. The summed E-state index contributed by atoms with van der Waals surface area (Å²) in [5, 5.41) is 2.78. The number of hydrogen-bond acceptors (Lipinski definition) is 2. The van der Waals surface area contributed by atoms with Gasteiger partial charge >= 0.3 is 0 Å². The maximum atomic E-state index is 12.2. The van der Waals surface area contributed by atoms with E-state index in [4.69, 9.17) is 0 Å². The van der Waals surface area contributed by atoms with Crippen LogP contribution < -0.4 is 10.2 Å². The van der Waals surface area contributed by atoms with Crippen molar-refractivity contribution >= 4 is 17.5 Å². The van der Waals surface area contributed by atoms with E-state index in [1.165, 1.54) is 0 Å². The van der Waals surface area contributed by atoms with Crippen LogP contribution in [0.5, 0.6) is 0 Å². The predicted molar refractivity (Wildman–Crippen MR) is 65.9 cm³/mol. The van der Waals surface area contributed by atoms with Crippen LogP contribution in [-0.2, 0) is 4.79 Å². The largest absolute Gasteiger partial charge is 0.340 e. The molecular formula is C13H16N2O2. The highest BCUT2D eigenvalue weighted by molar-refractivity contribution is 6.10. The standard InChI is InChI=1S/C13H16N2O2/c1-8(2)11-13(17)15(3)10-7-5-4-6-9(10)12(16)14-11/h4-8,11H,1-3H3,(H,14,16)/t11-/m0/s1. The molecule has 0 unspecified atom stereocenters. The molecule has 4 nitrogen and oxygen atoms in total. The van der Waals surface area contributed by atoms with Crippen LogP contribution in [0.4, 0.5) is 5.69 Å². The SMILES string of the molecule is CC(C)[C@@H]1NC(=O)c2ccccc2N(C)C1=O. The van der Waals surface area contributed by atoms with Gasteiger partial charge in [0, 0.05) is 7.05 Å². The molecule has 2 rings (SSSR count). The second-order valence-corrected chi connectivity index (χ2v) is 4.61. The van der Waals surface area contributed by atoms with E-state index in [0.29, 0.717) is 11.3 Å². The van der Waals surface area contributed by atoms with Gasteiger partial charge in [0.15, 0.2) is 0 Å². The molecule has 90 valence electrons. The molecule has 1 aromatic carbocycles. The first-order valence-corrected chi connectivity index (χ1v) is 5.70. The van der Waals surface area contributed by atoms with Gasteiger partial charge in [-0.25, -0.2) is 0 Å². The Morgan fingerprint density at radius 2 is 1.88 bits per heavy atom. The van der Waals surface area contributed by atoms with Crippen LogP contribution in [0.1, 0.15) is 24.2 Å². The van der Waals surface area contributed by atoms with Crippen molar-refractivity contribution in [1.29, 1.82) is 0 Å². The lowest BCUT2D eigenvalue weighted by molar-refractivity contribution is -0.120. The van der Waals surface area contributed by atoms with Gasteiger partial charge in [0.1, 0.15) is 6.04 Å². The number of nitrogens with zero attached hydrogens (tertiary/aromatic N) is 1. The summed E-state index contributed by atoms with van der Waals surface area (Å²) in [6, 6.07) is 6.69. The Hall–Kier alpha value is -1.84. The molecule has 0 saturated heterocycles. The Labute approximate surface area is 101 Å². The lowest BCUT2D eigenvalue weighted by Crippen LogP contribution is -2.47. The summed E-state index contributed by atoms with van der Waals surface area (Å²) in [6.45, 7) is 3.85. The molecule has 1 heterocycles. The van der Waals surface area contributed by atoms with Gasteiger partial charge < -0.3 is 10.2 Å². The fourth-order valence-corrected chi connectivity index (χ4v) is 2.02. The summed E-state index contributed by atoms with van der Waals surface area (Å²) >= 11 is 0. The highest BCUT2D eigenvalue weighted by Gasteiger charge is 2.33. The Bertz CT molecular complexity index is 468. The van der Waals surface area contributed by atoms with Crippen molar-refractivity contribution in [3.05, 3.63) is 29.8 Å². The molecule has 1 aliphatic heterocycles. The molecule has 17 heavy (non-hydrogen) atoms. The van der Waals surface area contributed by atoms with Crippen LogP contribution in [0, 0.1) is 5.92 Å². The number of hydrogen-bond donors (Lipinski definition) is 1. The van der Waals surface area contributed by atoms with E-state index in [2.05, 4.69) is 5.32 Å². The van der Waals surface area contributed by atoms with Crippen molar-refractivity contribution in [2.24, 2.45) is 5.92 Å². The van der Waals surface area contributed by atoms with E-state index in [1.54, 1.807) is 30.1 Å². The van der Waals surface area contributed by atoms with E-state index in [9.17, 15) is 9.59 Å². The number of para-hydroxylation sites is 1. The zero-order chi connectivity index (χ0) is 12.6. The maximum Gasteiger partial charge on any atom is 0.254 e. The van der Waals surface area contributed by atoms with Crippen LogP contribution in [0.25, 0.3) is 0 Å². The minimum atomic E-state index is -0.458. The summed E-state index contributed by atoms with van der Waals surface area (Å²) in [4.78, 5) is 25.8. The molecule has 1 atom stereocenters. The lowest BCUT2D eigenvalue weighted by atomic mass is 10.0. The number of carbonyl (C=O) groups excluding carboxylic acids is 2. The summed E-state index contributed by atoms with van der Waals surface area (Å²) in [6.07, 6.45) is 0. The monoisotopic (exact) mass is 232 g/mol. The number of amides is 2. The molecule has 0 saturated carbocycles. The number of rotatable bonds is 1. The Morgan fingerprint density at radius 3 is 2.53 bits per heavy atom. The molecule has 0 bridgehead atoms. The van der Waals surface area contributed by atoms with Crippen molar-refractivity contribution in [3.8, 4) is 0 Å². The minimum absolute atomic E-state index is 0.0710. The van der Waals surface area contributed by atoms with Crippen LogP contribution in [0.3, 0.4) is 0 Å². The average molecular weight is 232 g/mol. The van der Waals surface area contributed by atoms with Crippen molar-refractivity contribution in [2.45, 2.75) is 19.9 Å². The highest BCUT2D eigenvalue weighted by atomic mass is 16.2. The van der Waals surface area contributed by atoms with Crippen molar-refractivity contribution in [1.82, 2.24) is 5.32 Å². The molecule has 4 heteroatoms. The molecular weight excluding hydrogens is 216 g/mol. The summed E-state index contributed by atoms with van der Waals surface area (Å²) in [5.41, 5.74) is 1.21. The van der Waals surface area contributed by atoms with E-state index in [1.807, 2.05) is 19.9 Å². The molecule has 1 aliphatic rings. The smallest absolute Gasteiger partial charge is 0.254 e. The lowest BCUT2D eigenvalue weighted by Gasteiger charge is -2.23. The Morgan fingerprint density at radius 1 is 1.24 bits per heavy atom. The third-order valence-corrected chi connectivity index (χ3v) is 3.06.